The Bertz CT molecular complexity index is 1400. The molecule has 0 radical (unpaired) electrons. The largest absolute Gasteiger partial charge is 0.363 e. The highest BCUT2D eigenvalue weighted by Gasteiger charge is 2.63. The van der Waals surface area contributed by atoms with Gasteiger partial charge in [0.1, 0.15) is 0 Å². The van der Waals surface area contributed by atoms with Gasteiger partial charge in [-0.3, -0.25) is 0 Å². The number of aryl methyl sites for hydroxylation is 1. The molecule has 180 valence electrons. The highest BCUT2D eigenvalue weighted by Crippen LogP contribution is 2.60. The average Bonchev–Trinajstić information content (AvgIpc) is 3.35. The van der Waals surface area contributed by atoms with Crippen LogP contribution in [0, 0.1) is 6.92 Å². The van der Waals surface area contributed by atoms with E-state index in [1.807, 2.05) is 25.1 Å². The van der Waals surface area contributed by atoms with Gasteiger partial charge in [-0.25, -0.2) is 8.42 Å². The lowest BCUT2D eigenvalue weighted by molar-refractivity contribution is 0.228. The summed E-state index contributed by atoms with van der Waals surface area (Å²) in [5, 5.41) is 0. The number of rotatable bonds is 4. The van der Waals surface area contributed by atoms with Crippen molar-refractivity contribution in [2.24, 2.45) is 0 Å². The van der Waals surface area contributed by atoms with E-state index in [1.165, 1.54) is 16.8 Å². The van der Waals surface area contributed by atoms with Crippen LogP contribution in [0.5, 0.6) is 0 Å². The Morgan fingerprint density at radius 3 is 2.46 bits per heavy atom. The van der Waals surface area contributed by atoms with Crippen molar-refractivity contribution in [2.45, 2.75) is 55.1 Å². The van der Waals surface area contributed by atoms with Crippen molar-refractivity contribution in [1.29, 1.82) is 0 Å². The molecule has 1 saturated carbocycles. The van der Waals surface area contributed by atoms with Gasteiger partial charge in [-0.2, -0.15) is 4.31 Å². The third-order valence-corrected chi connectivity index (χ3v) is 10.6. The summed E-state index contributed by atoms with van der Waals surface area (Å²) in [6.07, 6.45) is 2.40. The molecule has 3 aromatic carbocycles. The topological polar surface area (TPSA) is 40.6 Å². The predicted molar refractivity (Wildman–Crippen MR) is 144 cm³/mol. The Labute approximate surface area is 216 Å². The first-order chi connectivity index (χ1) is 16.8. The maximum atomic E-state index is 13.9. The first kappa shape index (κ1) is 23.0. The first-order valence-electron chi connectivity index (χ1n) is 12.2. The Balaban J connectivity index is 1.48. The molecule has 6 heteroatoms. The second-order valence-electron chi connectivity index (χ2n) is 10.2. The van der Waals surface area contributed by atoms with Gasteiger partial charge < -0.3 is 4.90 Å². The first-order valence-corrected chi connectivity index (χ1v) is 14.4. The fourth-order valence-electron chi connectivity index (χ4n) is 6.65. The van der Waals surface area contributed by atoms with E-state index in [1.54, 1.807) is 16.4 Å². The molecule has 1 saturated heterocycles. The van der Waals surface area contributed by atoms with Crippen LogP contribution >= 0.6 is 15.9 Å². The van der Waals surface area contributed by atoms with Crippen molar-refractivity contribution in [3.63, 3.8) is 0 Å². The minimum atomic E-state index is -3.62. The molecule has 35 heavy (non-hydrogen) atoms. The van der Waals surface area contributed by atoms with Crippen molar-refractivity contribution >= 4 is 31.6 Å². The van der Waals surface area contributed by atoms with Gasteiger partial charge in [-0.05, 0) is 67.6 Å². The summed E-state index contributed by atoms with van der Waals surface area (Å²) >= 11 is 3.70. The fraction of sp³-hybridized carbons (Fsp3) is 0.310. The second kappa shape index (κ2) is 8.32. The highest BCUT2D eigenvalue weighted by molar-refractivity contribution is 9.10. The van der Waals surface area contributed by atoms with Crippen LogP contribution in [0.3, 0.4) is 0 Å². The van der Waals surface area contributed by atoms with E-state index in [4.69, 9.17) is 0 Å². The fourth-order valence-corrected chi connectivity index (χ4v) is 8.69. The number of anilines is 1. The van der Waals surface area contributed by atoms with E-state index in [9.17, 15) is 8.42 Å². The molecule has 2 fully saturated rings. The summed E-state index contributed by atoms with van der Waals surface area (Å²) in [4.78, 5) is 2.89. The lowest BCUT2D eigenvalue weighted by Crippen LogP contribution is -2.56. The van der Waals surface area contributed by atoms with Gasteiger partial charge >= 0.3 is 0 Å². The van der Waals surface area contributed by atoms with Gasteiger partial charge in [0.25, 0.3) is 0 Å². The maximum Gasteiger partial charge on any atom is 0.243 e. The van der Waals surface area contributed by atoms with Crippen LogP contribution in [0.2, 0.25) is 0 Å². The lowest BCUT2D eigenvalue weighted by atomic mass is 9.64. The molecule has 3 aromatic rings. The molecule has 0 bridgehead atoms. The number of halogens is 1. The summed E-state index contributed by atoms with van der Waals surface area (Å²) in [7, 11) is -3.62. The van der Waals surface area contributed by atoms with Crippen molar-refractivity contribution in [2.75, 3.05) is 11.4 Å². The molecule has 1 aliphatic carbocycles. The molecule has 2 heterocycles. The third kappa shape index (κ3) is 3.52. The second-order valence-corrected chi connectivity index (χ2v) is 13.0. The number of hydrogen-bond acceptors (Lipinski definition) is 3. The number of hydrogen-bond donors (Lipinski definition) is 0. The summed E-state index contributed by atoms with van der Waals surface area (Å²) in [6, 6.07) is 24.4. The number of nitrogens with zero attached hydrogens (tertiary/aromatic N) is 2. The molecule has 0 unspecified atom stereocenters. The molecule has 0 N–H and O–H groups in total. The van der Waals surface area contributed by atoms with Crippen LogP contribution in [-0.4, -0.2) is 31.4 Å². The molecular weight excluding hydrogens is 520 g/mol. The molecule has 0 aromatic heterocycles. The smallest absolute Gasteiger partial charge is 0.243 e. The van der Waals surface area contributed by atoms with Crippen LogP contribution in [0.1, 0.15) is 36.0 Å². The predicted octanol–water partition coefficient (Wildman–Crippen LogP) is 6.20. The van der Waals surface area contributed by atoms with E-state index in [0.29, 0.717) is 17.9 Å². The molecular formula is C29H29BrN2O2S. The summed E-state index contributed by atoms with van der Waals surface area (Å²) in [6.45, 7) is 7.70. The lowest BCUT2D eigenvalue weighted by Gasteiger charge is -2.46. The number of benzene rings is 3. The normalized spacial score (nSPS) is 25.9. The maximum absolute atomic E-state index is 13.9. The Morgan fingerprint density at radius 2 is 1.71 bits per heavy atom. The van der Waals surface area contributed by atoms with E-state index < -0.39 is 10.0 Å². The van der Waals surface area contributed by atoms with E-state index in [0.717, 1.165) is 35.0 Å². The zero-order valence-corrected chi connectivity index (χ0v) is 22.2. The Morgan fingerprint density at radius 1 is 1.00 bits per heavy atom. The van der Waals surface area contributed by atoms with Gasteiger partial charge in [-0.15, -0.1) is 0 Å². The molecule has 0 amide bonds. The van der Waals surface area contributed by atoms with Crippen LogP contribution in [0.25, 0.3) is 0 Å². The van der Waals surface area contributed by atoms with Gasteiger partial charge in [0.2, 0.25) is 10.0 Å². The highest BCUT2D eigenvalue weighted by atomic mass is 79.9. The van der Waals surface area contributed by atoms with Crippen molar-refractivity contribution in [3.05, 3.63) is 106 Å². The minimum Gasteiger partial charge on any atom is -0.363 e. The van der Waals surface area contributed by atoms with E-state index in [2.05, 4.69) is 69.9 Å². The minimum absolute atomic E-state index is 0.145. The standard InChI is InChI=1S/C29H29BrN2O2S/c1-20-8-11-24(12-9-20)35(33,34)32-15-14-29-25-18-23(30)10-13-26(25)31(19-22-6-4-3-5-7-22)27(29)16-21(2)17-28(29)32/h3-13,18,27-28H,2,14-17,19H2,1H3/t27-,28+,29-/m0/s1. The molecule has 4 nitrogen and oxygen atoms in total. The molecule has 6 rings (SSSR count). The summed E-state index contributed by atoms with van der Waals surface area (Å²) in [5.41, 5.74) is 5.68. The molecule has 3 atom stereocenters. The van der Waals surface area contributed by atoms with Crippen molar-refractivity contribution < 1.29 is 8.42 Å². The molecule has 1 spiro atoms. The van der Waals surface area contributed by atoms with Gasteiger partial charge in [0.15, 0.2) is 0 Å². The Hall–Kier alpha value is -2.41. The van der Waals surface area contributed by atoms with Crippen LogP contribution < -0.4 is 4.90 Å². The molecule has 3 aliphatic rings. The summed E-state index contributed by atoms with van der Waals surface area (Å²) < 4.78 is 30.7. The van der Waals surface area contributed by atoms with Crippen molar-refractivity contribution in [1.82, 2.24) is 4.31 Å². The summed E-state index contributed by atoms with van der Waals surface area (Å²) in [5.74, 6) is 0. The average molecular weight is 550 g/mol. The van der Waals surface area contributed by atoms with Crippen LogP contribution in [0.15, 0.2) is 94.3 Å². The SMILES string of the molecule is C=C1C[C@@H]2N(Cc3ccccc3)c3ccc(Br)cc3[C@@]23CCN(S(=O)(=O)c2ccc(C)cc2)[C@@H]3C1. The van der Waals surface area contributed by atoms with Gasteiger partial charge in [0, 0.05) is 40.7 Å². The van der Waals surface area contributed by atoms with E-state index >= 15 is 0 Å². The zero-order chi connectivity index (χ0) is 24.4. The van der Waals surface area contributed by atoms with Crippen LogP contribution in [-0.2, 0) is 22.0 Å². The van der Waals surface area contributed by atoms with Crippen molar-refractivity contribution in [3.8, 4) is 0 Å². The van der Waals surface area contributed by atoms with E-state index in [-0.39, 0.29) is 17.5 Å². The zero-order valence-electron chi connectivity index (χ0n) is 19.8. The quantitative estimate of drug-likeness (QED) is 0.364. The Kier molecular flexibility index (Phi) is 5.47. The molecule has 2 aliphatic heterocycles. The monoisotopic (exact) mass is 548 g/mol. The number of fused-ring (bicyclic) bond motifs is 1. The van der Waals surface area contributed by atoms with Crippen LogP contribution in [0.4, 0.5) is 5.69 Å². The van der Waals surface area contributed by atoms with Gasteiger partial charge in [-0.1, -0.05) is 76.1 Å². The van der Waals surface area contributed by atoms with Gasteiger partial charge in [0.05, 0.1) is 4.90 Å². The third-order valence-electron chi connectivity index (χ3n) is 8.22. The number of sulfonamides is 1.